The highest BCUT2D eigenvalue weighted by Crippen LogP contribution is 2.34. The predicted molar refractivity (Wildman–Crippen MR) is 73.6 cm³/mol. The first kappa shape index (κ1) is 12.2. The van der Waals surface area contributed by atoms with E-state index in [2.05, 4.69) is 25.5 Å². The Morgan fingerprint density at radius 1 is 1.53 bits per heavy atom. The molecule has 1 fully saturated rings. The first-order chi connectivity index (χ1) is 9.19. The molecule has 2 N–H and O–H groups in total. The summed E-state index contributed by atoms with van der Waals surface area (Å²) in [6, 6.07) is 0.442. The van der Waals surface area contributed by atoms with Gasteiger partial charge in [0.1, 0.15) is 5.69 Å². The first-order valence-corrected chi connectivity index (χ1v) is 6.87. The smallest absolute Gasteiger partial charge is 0.289 e. The van der Waals surface area contributed by atoms with Crippen molar-refractivity contribution in [2.45, 2.75) is 32.7 Å². The normalized spacial score (nSPS) is 20.5. The molecule has 2 aliphatic rings. The third-order valence-corrected chi connectivity index (χ3v) is 3.68. The highest BCUT2D eigenvalue weighted by molar-refractivity contribution is 5.91. The number of amides is 1. The summed E-state index contributed by atoms with van der Waals surface area (Å²) in [5.41, 5.74) is 1.93. The van der Waals surface area contributed by atoms with Gasteiger partial charge in [-0.1, -0.05) is 0 Å². The molecule has 102 valence electrons. The van der Waals surface area contributed by atoms with Gasteiger partial charge in [-0.2, -0.15) is 0 Å². The van der Waals surface area contributed by atoms with Crippen LogP contribution >= 0.6 is 0 Å². The van der Waals surface area contributed by atoms with E-state index in [0.717, 1.165) is 36.7 Å². The van der Waals surface area contributed by atoms with E-state index in [1.54, 1.807) is 0 Å². The van der Waals surface area contributed by atoms with Crippen LogP contribution in [0.2, 0.25) is 0 Å². The van der Waals surface area contributed by atoms with Gasteiger partial charge in [-0.05, 0) is 26.7 Å². The van der Waals surface area contributed by atoms with Crippen LogP contribution in [0, 0.1) is 6.92 Å². The number of carbonyl (C=O) groups excluding carboxylic acids is 1. The molecule has 3 rings (SSSR count). The minimum Gasteiger partial charge on any atom is -0.365 e. The largest absolute Gasteiger partial charge is 0.365 e. The predicted octanol–water partition coefficient (Wildman–Crippen LogP) is 0.929. The Kier molecular flexibility index (Phi) is 3.00. The van der Waals surface area contributed by atoms with Gasteiger partial charge in [-0.3, -0.25) is 4.79 Å². The number of carbonyl (C=O) groups is 1. The summed E-state index contributed by atoms with van der Waals surface area (Å²) in [6.07, 6.45) is 2.35. The van der Waals surface area contributed by atoms with Crippen LogP contribution < -0.4 is 15.5 Å². The lowest BCUT2D eigenvalue weighted by molar-refractivity contribution is 0.0945. The van der Waals surface area contributed by atoms with Crippen molar-refractivity contribution in [2.75, 3.05) is 29.9 Å². The van der Waals surface area contributed by atoms with Crippen molar-refractivity contribution in [3.05, 3.63) is 11.5 Å². The van der Waals surface area contributed by atoms with Crippen molar-refractivity contribution in [3.8, 4) is 0 Å². The zero-order valence-corrected chi connectivity index (χ0v) is 11.4. The fourth-order valence-corrected chi connectivity index (χ4v) is 2.88. The van der Waals surface area contributed by atoms with Crippen LogP contribution in [-0.2, 0) is 0 Å². The number of hydrogen-bond acceptors (Lipinski definition) is 5. The van der Waals surface area contributed by atoms with Crippen molar-refractivity contribution >= 4 is 17.4 Å². The molecule has 1 saturated heterocycles. The molecular weight excluding hydrogens is 242 g/mol. The van der Waals surface area contributed by atoms with E-state index in [0.29, 0.717) is 12.6 Å². The molecule has 0 saturated carbocycles. The average Bonchev–Trinajstić information content (AvgIpc) is 2.38. The molecule has 3 heterocycles. The van der Waals surface area contributed by atoms with Crippen LogP contribution in [0.1, 0.15) is 36.1 Å². The molecule has 1 aromatic rings. The molecule has 2 aliphatic heterocycles. The quantitative estimate of drug-likeness (QED) is 0.828. The Bertz CT molecular complexity index is 516. The van der Waals surface area contributed by atoms with Crippen LogP contribution in [0.25, 0.3) is 0 Å². The van der Waals surface area contributed by atoms with Crippen LogP contribution in [0.15, 0.2) is 0 Å². The minimum atomic E-state index is -0.207. The molecule has 0 radical (unpaired) electrons. The maximum Gasteiger partial charge on any atom is 0.289 e. The summed E-state index contributed by atoms with van der Waals surface area (Å²) < 4.78 is 0. The van der Waals surface area contributed by atoms with Gasteiger partial charge in [0.2, 0.25) is 5.82 Å². The van der Waals surface area contributed by atoms with Gasteiger partial charge in [0.25, 0.3) is 5.91 Å². The SMILES string of the molecule is CCNC(=O)c1nc(C)c2c(n1)NC1CCCN2C1. The lowest BCUT2D eigenvalue weighted by Crippen LogP contribution is -2.47. The van der Waals surface area contributed by atoms with Crippen LogP contribution in [0.4, 0.5) is 11.5 Å². The van der Waals surface area contributed by atoms with Crippen LogP contribution in [0.5, 0.6) is 0 Å². The van der Waals surface area contributed by atoms with Gasteiger partial charge in [0.15, 0.2) is 5.82 Å². The lowest BCUT2D eigenvalue weighted by Gasteiger charge is -2.41. The van der Waals surface area contributed by atoms with Gasteiger partial charge >= 0.3 is 0 Å². The number of nitrogens with zero attached hydrogens (tertiary/aromatic N) is 3. The third-order valence-electron chi connectivity index (χ3n) is 3.68. The molecule has 1 amide bonds. The summed E-state index contributed by atoms with van der Waals surface area (Å²) in [5.74, 6) is 0.859. The van der Waals surface area contributed by atoms with Gasteiger partial charge in [-0.15, -0.1) is 0 Å². The Morgan fingerprint density at radius 3 is 3.16 bits per heavy atom. The monoisotopic (exact) mass is 261 g/mol. The van der Waals surface area contributed by atoms with Crippen LogP contribution in [0.3, 0.4) is 0 Å². The van der Waals surface area contributed by atoms with Crippen molar-refractivity contribution in [3.63, 3.8) is 0 Å². The van der Waals surface area contributed by atoms with E-state index in [-0.39, 0.29) is 11.7 Å². The molecule has 6 nitrogen and oxygen atoms in total. The molecular formula is C13H19N5O. The van der Waals surface area contributed by atoms with Crippen molar-refractivity contribution in [1.29, 1.82) is 0 Å². The topological polar surface area (TPSA) is 70.1 Å². The van der Waals surface area contributed by atoms with Gasteiger partial charge < -0.3 is 15.5 Å². The number of aromatic nitrogens is 2. The van der Waals surface area contributed by atoms with Crippen molar-refractivity contribution in [2.24, 2.45) is 0 Å². The number of anilines is 2. The number of rotatable bonds is 2. The third kappa shape index (κ3) is 2.11. The number of nitrogens with one attached hydrogen (secondary N) is 2. The minimum absolute atomic E-state index is 0.207. The second-order valence-corrected chi connectivity index (χ2v) is 5.12. The summed E-state index contributed by atoms with van der Waals surface area (Å²) in [7, 11) is 0. The molecule has 0 spiro atoms. The van der Waals surface area contributed by atoms with Gasteiger partial charge in [0.05, 0.1) is 5.69 Å². The average molecular weight is 261 g/mol. The second kappa shape index (κ2) is 4.68. The second-order valence-electron chi connectivity index (χ2n) is 5.12. The molecule has 19 heavy (non-hydrogen) atoms. The standard InChI is InChI=1S/C13H19N5O/c1-3-14-13(19)12-15-8(2)10-11(17-12)16-9-5-4-6-18(10)7-9/h9H,3-7H2,1-2H3,(H,14,19)(H,15,16,17). The maximum absolute atomic E-state index is 11.9. The summed E-state index contributed by atoms with van der Waals surface area (Å²) in [4.78, 5) is 22.9. The molecule has 6 heteroatoms. The van der Waals surface area contributed by atoms with Gasteiger partial charge in [-0.25, -0.2) is 9.97 Å². The Labute approximate surface area is 112 Å². The van der Waals surface area contributed by atoms with Crippen LogP contribution in [-0.4, -0.2) is 41.6 Å². The molecule has 1 atom stereocenters. The van der Waals surface area contributed by atoms with Gasteiger partial charge in [0, 0.05) is 25.7 Å². The van der Waals surface area contributed by atoms with Crippen molar-refractivity contribution in [1.82, 2.24) is 15.3 Å². The molecule has 0 aliphatic carbocycles. The number of aryl methyl sites for hydroxylation is 1. The maximum atomic E-state index is 11.9. The zero-order chi connectivity index (χ0) is 13.4. The Balaban J connectivity index is 1.99. The van der Waals surface area contributed by atoms with E-state index in [9.17, 15) is 4.79 Å². The fourth-order valence-electron chi connectivity index (χ4n) is 2.88. The first-order valence-electron chi connectivity index (χ1n) is 6.87. The van der Waals surface area contributed by atoms with E-state index in [1.165, 1.54) is 6.42 Å². The lowest BCUT2D eigenvalue weighted by atomic mass is 10.0. The summed E-state index contributed by atoms with van der Waals surface area (Å²) in [6.45, 7) is 6.48. The van der Waals surface area contributed by atoms with Crippen molar-refractivity contribution < 1.29 is 4.79 Å². The molecule has 0 aromatic carbocycles. The highest BCUT2D eigenvalue weighted by atomic mass is 16.2. The number of piperidine rings is 1. The summed E-state index contributed by atoms with van der Waals surface area (Å²) >= 11 is 0. The molecule has 1 aromatic heterocycles. The number of hydrogen-bond donors (Lipinski definition) is 2. The molecule has 1 unspecified atom stereocenters. The fraction of sp³-hybridized carbons (Fsp3) is 0.615. The number of fused-ring (bicyclic) bond motifs is 4. The Hall–Kier alpha value is -1.85. The molecule has 2 bridgehead atoms. The van der Waals surface area contributed by atoms with E-state index in [1.807, 2.05) is 13.8 Å². The van der Waals surface area contributed by atoms with E-state index in [4.69, 9.17) is 0 Å². The van der Waals surface area contributed by atoms with E-state index >= 15 is 0 Å². The summed E-state index contributed by atoms with van der Waals surface area (Å²) in [5, 5.41) is 6.17. The highest BCUT2D eigenvalue weighted by Gasteiger charge is 2.31. The zero-order valence-electron chi connectivity index (χ0n) is 11.4. The van der Waals surface area contributed by atoms with E-state index < -0.39 is 0 Å². The Morgan fingerprint density at radius 2 is 2.37 bits per heavy atom.